The molecule has 2 aromatic rings. The molecule has 0 saturated heterocycles. The van der Waals surface area contributed by atoms with E-state index in [2.05, 4.69) is 5.32 Å². The van der Waals surface area contributed by atoms with Crippen molar-refractivity contribution in [1.82, 2.24) is 10.2 Å². The Morgan fingerprint density at radius 2 is 1.79 bits per heavy atom. The van der Waals surface area contributed by atoms with Gasteiger partial charge in [0, 0.05) is 17.7 Å². The summed E-state index contributed by atoms with van der Waals surface area (Å²) < 4.78 is 40.3. The summed E-state index contributed by atoms with van der Waals surface area (Å²) >= 11 is 0. The fraction of sp³-hybridized carbons (Fsp3) is 0.448. The topological polar surface area (TPSA) is 99.1 Å². The summed E-state index contributed by atoms with van der Waals surface area (Å²) in [5, 5.41) is 11.3. The quantitative estimate of drug-likeness (QED) is 0.421. The minimum Gasteiger partial charge on any atom is -0.481 e. The third kappa shape index (κ3) is 6.15. The summed E-state index contributed by atoms with van der Waals surface area (Å²) in [4.78, 5) is 43.7. The molecule has 2 aliphatic rings. The molecule has 1 aliphatic carbocycles. The summed E-state index contributed by atoms with van der Waals surface area (Å²) in [6.45, 7) is 2.01. The molecular formula is C29H32F3N3O4. The lowest BCUT2D eigenvalue weighted by molar-refractivity contribution is -0.138. The molecule has 208 valence electrons. The van der Waals surface area contributed by atoms with Crippen molar-refractivity contribution in [2.75, 3.05) is 6.54 Å². The molecule has 2 N–H and O–H groups in total. The van der Waals surface area contributed by atoms with Gasteiger partial charge < -0.3 is 15.3 Å². The summed E-state index contributed by atoms with van der Waals surface area (Å²) in [6.07, 6.45) is 0.626. The average molecular weight is 544 g/mol. The van der Waals surface area contributed by atoms with Gasteiger partial charge in [0.2, 0.25) is 0 Å². The Morgan fingerprint density at radius 1 is 1.10 bits per heavy atom. The normalized spacial score (nSPS) is 17.7. The molecule has 4 rings (SSSR count). The summed E-state index contributed by atoms with van der Waals surface area (Å²) in [5.41, 5.74) is -0.275. The van der Waals surface area contributed by atoms with Crippen molar-refractivity contribution < 1.29 is 32.7 Å². The molecule has 1 fully saturated rings. The molecule has 0 unspecified atom stereocenters. The number of rotatable bonds is 9. The molecule has 1 aliphatic heterocycles. The predicted molar refractivity (Wildman–Crippen MR) is 139 cm³/mol. The highest BCUT2D eigenvalue weighted by molar-refractivity contribution is 6.46. The van der Waals surface area contributed by atoms with Crippen molar-refractivity contribution in [3.05, 3.63) is 70.8 Å². The number of nitrogens with one attached hydrogen (secondary N) is 1. The lowest BCUT2D eigenvalue weighted by atomic mass is 9.86. The number of carboxylic acid groups (broad SMARTS) is 1. The second-order valence-corrected chi connectivity index (χ2v) is 10.1. The number of nitrogens with zero attached hydrogens (tertiary/aromatic N) is 2. The van der Waals surface area contributed by atoms with E-state index in [1.165, 1.54) is 12.1 Å². The summed E-state index contributed by atoms with van der Waals surface area (Å²) in [5.74, 6) is -1.79. The van der Waals surface area contributed by atoms with Gasteiger partial charge in [0.05, 0.1) is 18.0 Å². The van der Waals surface area contributed by atoms with Gasteiger partial charge in [-0.3, -0.25) is 19.4 Å². The minimum atomic E-state index is -4.53. The van der Waals surface area contributed by atoms with E-state index in [1.54, 1.807) is 29.2 Å². The van der Waals surface area contributed by atoms with Crippen LogP contribution >= 0.6 is 0 Å². The zero-order chi connectivity index (χ0) is 28.2. The molecule has 0 bridgehead atoms. The highest BCUT2D eigenvalue weighted by Crippen LogP contribution is 2.45. The monoisotopic (exact) mass is 543 g/mol. The number of hydrogen-bond acceptors (Lipinski definition) is 4. The number of carboxylic acids is 1. The Hall–Kier alpha value is -3.69. The van der Waals surface area contributed by atoms with Crippen LogP contribution in [0.3, 0.4) is 0 Å². The van der Waals surface area contributed by atoms with E-state index >= 15 is 0 Å². The van der Waals surface area contributed by atoms with Crippen molar-refractivity contribution in [2.45, 2.75) is 76.2 Å². The lowest BCUT2D eigenvalue weighted by Crippen LogP contribution is -2.50. The van der Waals surface area contributed by atoms with Crippen molar-refractivity contribution in [1.29, 1.82) is 0 Å². The van der Waals surface area contributed by atoms with Crippen LogP contribution in [0.15, 0.2) is 53.5 Å². The Bertz CT molecular complexity index is 1250. The zero-order valence-electron chi connectivity index (χ0n) is 21.8. The average Bonchev–Trinajstić information content (AvgIpc) is 3.18. The Morgan fingerprint density at radius 3 is 2.41 bits per heavy atom. The second-order valence-electron chi connectivity index (χ2n) is 10.1. The first kappa shape index (κ1) is 28.3. The van der Waals surface area contributed by atoms with E-state index < -0.39 is 29.3 Å². The first-order valence-corrected chi connectivity index (χ1v) is 13.3. The highest BCUT2D eigenvalue weighted by atomic mass is 19.4. The number of hydrogen-bond donors (Lipinski definition) is 2. The van der Waals surface area contributed by atoms with Gasteiger partial charge in [0.25, 0.3) is 11.8 Å². The number of aliphatic imine (C=N–C) groups is 1. The molecule has 10 heteroatoms. The zero-order valence-corrected chi connectivity index (χ0v) is 21.8. The van der Waals surface area contributed by atoms with E-state index in [0.717, 1.165) is 43.4 Å². The van der Waals surface area contributed by atoms with Crippen molar-refractivity contribution in [3.63, 3.8) is 0 Å². The molecule has 39 heavy (non-hydrogen) atoms. The van der Waals surface area contributed by atoms with Crippen LogP contribution in [0.2, 0.25) is 0 Å². The van der Waals surface area contributed by atoms with Gasteiger partial charge in [-0.2, -0.15) is 13.2 Å². The summed E-state index contributed by atoms with van der Waals surface area (Å²) in [7, 11) is 0. The van der Waals surface area contributed by atoms with Gasteiger partial charge in [0.15, 0.2) is 0 Å². The SMILES string of the molecule is CCC[C@H](c1ccc(C(=O)NCCC(=O)O)cc1)N1C(=O)C(c2cccc(C(F)(F)F)c2)=NC12CCCCC2. The molecule has 2 aromatic carbocycles. The maximum atomic E-state index is 14.0. The van der Waals surface area contributed by atoms with Crippen LogP contribution in [0.1, 0.15) is 91.4 Å². The minimum absolute atomic E-state index is 0.00876. The Labute approximate surface area is 225 Å². The van der Waals surface area contributed by atoms with Gasteiger partial charge in [-0.25, -0.2) is 0 Å². The fourth-order valence-corrected chi connectivity index (χ4v) is 5.51. The van der Waals surface area contributed by atoms with E-state index in [-0.39, 0.29) is 36.2 Å². The molecule has 1 spiro atoms. The Balaban J connectivity index is 1.66. The number of amides is 2. The summed E-state index contributed by atoms with van der Waals surface area (Å²) in [6, 6.07) is 11.2. The van der Waals surface area contributed by atoms with Crippen LogP contribution in [-0.4, -0.2) is 45.7 Å². The van der Waals surface area contributed by atoms with Crippen LogP contribution in [-0.2, 0) is 15.8 Å². The number of halogens is 3. The van der Waals surface area contributed by atoms with Gasteiger partial charge in [-0.05, 0) is 61.9 Å². The van der Waals surface area contributed by atoms with E-state index in [9.17, 15) is 27.6 Å². The van der Waals surface area contributed by atoms with Crippen molar-refractivity contribution in [3.8, 4) is 0 Å². The number of carbonyl (C=O) groups is 3. The maximum Gasteiger partial charge on any atom is 0.416 e. The molecule has 2 amide bonds. The number of carbonyl (C=O) groups excluding carboxylic acids is 2. The fourth-order valence-electron chi connectivity index (χ4n) is 5.51. The molecule has 1 saturated carbocycles. The molecule has 0 radical (unpaired) electrons. The number of alkyl halides is 3. The van der Waals surface area contributed by atoms with Gasteiger partial charge in [-0.1, -0.05) is 44.0 Å². The molecular weight excluding hydrogens is 511 g/mol. The van der Waals surface area contributed by atoms with Gasteiger partial charge in [0.1, 0.15) is 11.4 Å². The molecule has 1 heterocycles. The smallest absolute Gasteiger partial charge is 0.416 e. The van der Waals surface area contributed by atoms with Crippen molar-refractivity contribution >= 4 is 23.5 Å². The standard InChI is InChI=1S/C29H32F3N3O4/c1-2-7-23(19-10-12-20(13-11-19)26(38)33-17-14-24(36)37)35-27(39)25(34-28(35)15-4-3-5-16-28)21-8-6-9-22(18-21)29(30,31)32/h6,8-13,18,23H,2-5,7,14-17H2,1H3,(H,33,38)(H,36,37)/t23-/m1/s1. The van der Waals surface area contributed by atoms with E-state index in [1.807, 2.05) is 6.92 Å². The Kier molecular flexibility index (Phi) is 8.42. The van der Waals surface area contributed by atoms with Gasteiger partial charge >= 0.3 is 12.1 Å². The predicted octanol–water partition coefficient (Wildman–Crippen LogP) is 5.74. The molecule has 0 aromatic heterocycles. The highest BCUT2D eigenvalue weighted by Gasteiger charge is 2.50. The van der Waals surface area contributed by atoms with Crippen LogP contribution in [0.4, 0.5) is 13.2 Å². The third-order valence-corrected chi connectivity index (χ3v) is 7.36. The van der Waals surface area contributed by atoms with Crippen LogP contribution in [0.5, 0.6) is 0 Å². The molecule has 1 atom stereocenters. The third-order valence-electron chi connectivity index (χ3n) is 7.36. The van der Waals surface area contributed by atoms with Crippen LogP contribution in [0.25, 0.3) is 0 Å². The number of benzene rings is 2. The second kappa shape index (κ2) is 11.6. The first-order valence-electron chi connectivity index (χ1n) is 13.3. The van der Waals surface area contributed by atoms with Crippen LogP contribution in [0, 0.1) is 0 Å². The maximum absolute atomic E-state index is 14.0. The van der Waals surface area contributed by atoms with E-state index in [4.69, 9.17) is 10.1 Å². The largest absolute Gasteiger partial charge is 0.481 e. The first-order chi connectivity index (χ1) is 18.6. The number of aliphatic carboxylic acids is 1. The molecule has 7 nitrogen and oxygen atoms in total. The van der Waals surface area contributed by atoms with Gasteiger partial charge in [-0.15, -0.1) is 0 Å². The lowest BCUT2D eigenvalue weighted by Gasteiger charge is -2.44. The van der Waals surface area contributed by atoms with Crippen molar-refractivity contribution in [2.24, 2.45) is 4.99 Å². The van der Waals surface area contributed by atoms with E-state index in [0.29, 0.717) is 24.8 Å². The van der Waals surface area contributed by atoms with Crippen LogP contribution < -0.4 is 5.32 Å².